The molecule has 0 bridgehead atoms. The quantitative estimate of drug-likeness (QED) is 0.585. The molecule has 1 aliphatic rings. The fourth-order valence-electron chi connectivity index (χ4n) is 3.63. The number of hydrogen-bond acceptors (Lipinski definition) is 4. The fourth-order valence-corrected chi connectivity index (χ4v) is 4.83. The summed E-state index contributed by atoms with van der Waals surface area (Å²) in [6, 6.07) is 14.4. The lowest BCUT2D eigenvalue weighted by Crippen LogP contribution is -2.30. The van der Waals surface area contributed by atoms with Gasteiger partial charge in [-0.15, -0.1) is 0 Å². The summed E-state index contributed by atoms with van der Waals surface area (Å²) in [4.78, 5) is 0. The van der Waals surface area contributed by atoms with Crippen LogP contribution in [0.15, 0.2) is 42.5 Å². The van der Waals surface area contributed by atoms with Gasteiger partial charge >= 0.3 is 0 Å². The number of ether oxygens (including phenoxy) is 1. The minimum atomic E-state index is -3.20. The molecule has 1 unspecified atom stereocenters. The van der Waals surface area contributed by atoms with Crippen molar-refractivity contribution in [3.05, 3.63) is 64.2 Å². The fraction of sp³-hybridized carbons (Fsp3) is 0.455. The van der Waals surface area contributed by atoms with Crippen molar-refractivity contribution in [3.8, 4) is 5.75 Å². The third-order valence-electron chi connectivity index (χ3n) is 5.03. The molecule has 1 heterocycles. The Balaban J connectivity index is 1.66. The van der Waals surface area contributed by atoms with Crippen molar-refractivity contribution in [3.63, 3.8) is 0 Å². The van der Waals surface area contributed by atoms with E-state index in [0.717, 1.165) is 36.6 Å². The molecular weight excluding hydrogens is 408 g/mol. The third-order valence-corrected chi connectivity index (χ3v) is 6.87. The molecule has 5 nitrogen and oxygen atoms in total. The zero-order valence-electron chi connectivity index (χ0n) is 16.8. The summed E-state index contributed by atoms with van der Waals surface area (Å²) in [7, 11) is -3.20. The summed E-state index contributed by atoms with van der Waals surface area (Å²) in [5, 5.41) is 4.39. The molecule has 0 fully saturated rings. The van der Waals surface area contributed by atoms with Gasteiger partial charge in [-0.25, -0.2) is 13.1 Å². The van der Waals surface area contributed by atoms with Crippen molar-refractivity contribution in [2.45, 2.75) is 38.6 Å². The van der Waals surface area contributed by atoms with Crippen LogP contribution in [-0.4, -0.2) is 33.9 Å². The average molecular weight is 437 g/mol. The zero-order valence-corrected chi connectivity index (χ0v) is 18.4. The van der Waals surface area contributed by atoms with Crippen LogP contribution in [0.1, 0.15) is 42.5 Å². The lowest BCUT2D eigenvalue weighted by Gasteiger charge is -2.20. The first kappa shape index (κ1) is 22.1. The second kappa shape index (κ2) is 10.4. The molecule has 3 rings (SSSR count). The van der Waals surface area contributed by atoms with E-state index in [2.05, 4.69) is 34.3 Å². The van der Waals surface area contributed by atoms with Crippen molar-refractivity contribution in [2.75, 3.05) is 25.4 Å². The van der Waals surface area contributed by atoms with Crippen molar-refractivity contribution in [2.24, 2.45) is 0 Å². The summed E-state index contributed by atoms with van der Waals surface area (Å²) in [6.45, 7) is 3.39. The summed E-state index contributed by atoms with van der Waals surface area (Å²) in [5.74, 6) is 0.910. The zero-order chi connectivity index (χ0) is 20.7. The van der Waals surface area contributed by atoms with Crippen LogP contribution in [0.4, 0.5) is 0 Å². The minimum absolute atomic E-state index is 0.143. The number of fused-ring (bicyclic) bond motifs is 1. The molecule has 0 radical (unpaired) electrons. The summed E-state index contributed by atoms with van der Waals surface area (Å²) >= 11 is 6.01. The third kappa shape index (κ3) is 6.71. The molecule has 0 aliphatic carbocycles. The molecule has 2 aromatic carbocycles. The Morgan fingerprint density at radius 3 is 2.76 bits per heavy atom. The van der Waals surface area contributed by atoms with Gasteiger partial charge in [-0.2, -0.15) is 0 Å². The molecule has 2 aromatic rings. The molecule has 1 atom stereocenters. The Kier molecular flexibility index (Phi) is 7.95. The first-order chi connectivity index (χ1) is 14.0. The maximum absolute atomic E-state index is 11.7. The van der Waals surface area contributed by atoms with Crippen LogP contribution in [0.2, 0.25) is 5.02 Å². The van der Waals surface area contributed by atoms with Gasteiger partial charge in [0.2, 0.25) is 10.0 Å². The van der Waals surface area contributed by atoms with Gasteiger partial charge in [-0.3, -0.25) is 0 Å². The Morgan fingerprint density at radius 2 is 2.00 bits per heavy atom. The van der Waals surface area contributed by atoms with Crippen LogP contribution in [0.25, 0.3) is 0 Å². The molecule has 0 saturated carbocycles. The van der Waals surface area contributed by atoms with E-state index >= 15 is 0 Å². The second-order valence-electron chi connectivity index (χ2n) is 7.36. The molecule has 0 amide bonds. The first-order valence-corrected chi connectivity index (χ1v) is 12.2. The SMILES string of the molecule is CCCS(=O)(=O)NCCOc1ccc2c(c1)C(Cc1ccc(Cl)cc1)NCCC2. The normalized spacial score (nSPS) is 16.8. The number of sulfonamides is 1. The Hall–Kier alpha value is -1.60. The Bertz CT molecular complexity index is 901. The summed E-state index contributed by atoms with van der Waals surface area (Å²) in [6.07, 6.45) is 3.62. The second-order valence-corrected chi connectivity index (χ2v) is 9.73. The van der Waals surface area contributed by atoms with E-state index < -0.39 is 10.0 Å². The van der Waals surface area contributed by atoms with E-state index in [-0.39, 0.29) is 18.3 Å². The lowest BCUT2D eigenvalue weighted by molar-refractivity contribution is 0.322. The topological polar surface area (TPSA) is 67.4 Å². The highest BCUT2D eigenvalue weighted by molar-refractivity contribution is 7.89. The van der Waals surface area contributed by atoms with Crippen LogP contribution < -0.4 is 14.8 Å². The number of benzene rings is 2. The maximum Gasteiger partial charge on any atom is 0.211 e. The number of hydrogen-bond donors (Lipinski definition) is 2. The molecule has 2 N–H and O–H groups in total. The standard InChI is InChI=1S/C22H29ClN2O3S/c1-2-14-29(26,27)25-12-13-28-20-10-7-18-4-3-11-24-22(21(18)16-20)15-17-5-8-19(23)9-6-17/h5-10,16,22,24-25H,2-4,11-15H2,1H3. The highest BCUT2D eigenvalue weighted by atomic mass is 35.5. The van der Waals surface area contributed by atoms with E-state index in [1.807, 2.05) is 25.1 Å². The maximum atomic E-state index is 11.7. The van der Waals surface area contributed by atoms with Gasteiger partial charge in [0.05, 0.1) is 5.75 Å². The predicted molar refractivity (Wildman–Crippen MR) is 118 cm³/mol. The van der Waals surface area contributed by atoms with E-state index in [4.69, 9.17) is 16.3 Å². The van der Waals surface area contributed by atoms with Crippen molar-refractivity contribution in [1.29, 1.82) is 0 Å². The number of rotatable bonds is 9. The van der Waals surface area contributed by atoms with Crippen molar-refractivity contribution >= 4 is 21.6 Å². The van der Waals surface area contributed by atoms with Crippen LogP contribution in [0, 0.1) is 0 Å². The van der Waals surface area contributed by atoms with Gasteiger partial charge < -0.3 is 10.1 Å². The molecule has 0 saturated heterocycles. The molecular formula is C22H29ClN2O3S. The first-order valence-electron chi connectivity index (χ1n) is 10.2. The van der Waals surface area contributed by atoms with Gasteiger partial charge in [0.1, 0.15) is 12.4 Å². The number of nitrogens with one attached hydrogen (secondary N) is 2. The summed E-state index contributed by atoms with van der Waals surface area (Å²) in [5.41, 5.74) is 3.82. The monoisotopic (exact) mass is 436 g/mol. The minimum Gasteiger partial charge on any atom is -0.492 e. The molecule has 158 valence electrons. The molecule has 29 heavy (non-hydrogen) atoms. The van der Waals surface area contributed by atoms with E-state index in [9.17, 15) is 8.42 Å². The Morgan fingerprint density at radius 1 is 1.21 bits per heavy atom. The summed E-state index contributed by atoms with van der Waals surface area (Å²) < 4.78 is 31.9. The van der Waals surface area contributed by atoms with Gasteiger partial charge in [0.15, 0.2) is 0 Å². The number of halogens is 1. The predicted octanol–water partition coefficient (Wildman–Crippen LogP) is 3.87. The Labute approximate surface area is 178 Å². The van der Waals surface area contributed by atoms with Gasteiger partial charge in [0, 0.05) is 17.6 Å². The largest absolute Gasteiger partial charge is 0.492 e. The number of aryl methyl sites for hydroxylation is 1. The molecule has 7 heteroatoms. The van der Waals surface area contributed by atoms with Gasteiger partial charge in [-0.05, 0) is 73.2 Å². The van der Waals surface area contributed by atoms with Crippen LogP contribution >= 0.6 is 11.6 Å². The smallest absolute Gasteiger partial charge is 0.211 e. The molecule has 1 aliphatic heterocycles. The van der Waals surface area contributed by atoms with Crippen molar-refractivity contribution in [1.82, 2.24) is 10.0 Å². The van der Waals surface area contributed by atoms with Crippen LogP contribution in [-0.2, 0) is 22.9 Å². The molecule has 0 aromatic heterocycles. The highest BCUT2D eigenvalue weighted by Crippen LogP contribution is 2.29. The van der Waals surface area contributed by atoms with E-state index in [1.165, 1.54) is 16.7 Å². The van der Waals surface area contributed by atoms with E-state index in [1.54, 1.807) is 0 Å². The van der Waals surface area contributed by atoms with Gasteiger partial charge in [-0.1, -0.05) is 36.7 Å². The molecule has 0 spiro atoms. The lowest BCUT2D eigenvalue weighted by atomic mass is 9.94. The highest BCUT2D eigenvalue weighted by Gasteiger charge is 2.19. The van der Waals surface area contributed by atoms with Crippen LogP contribution in [0.3, 0.4) is 0 Å². The average Bonchev–Trinajstić information content (AvgIpc) is 2.89. The van der Waals surface area contributed by atoms with Crippen molar-refractivity contribution < 1.29 is 13.2 Å². The van der Waals surface area contributed by atoms with Crippen LogP contribution in [0.5, 0.6) is 5.75 Å². The van der Waals surface area contributed by atoms with Gasteiger partial charge in [0.25, 0.3) is 0 Å². The van der Waals surface area contributed by atoms with E-state index in [0.29, 0.717) is 13.0 Å².